The van der Waals surface area contributed by atoms with Crippen molar-refractivity contribution in [3.05, 3.63) is 58.6 Å². The van der Waals surface area contributed by atoms with Crippen molar-refractivity contribution in [2.24, 2.45) is 0 Å². The van der Waals surface area contributed by atoms with Gasteiger partial charge in [0.2, 0.25) is 0 Å². The fourth-order valence-electron chi connectivity index (χ4n) is 1.81. The van der Waals surface area contributed by atoms with Gasteiger partial charge in [0.25, 0.3) is 5.91 Å². The normalized spacial score (nSPS) is 11.8. The molecule has 0 aliphatic rings. The third kappa shape index (κ3) is 4.56. The Morgan fingerprint density at radius 1 is 1.18 bits per heavy atom. The van der Waals surface area contributed by atoms with Crippen molar-refractivity contribution in [3.63, 3.8) is 0 Å². The number of hydrogen-bond acceptors (Lipinski definition) is 4. The van der Waals surface area contributed by atoms with Crippen LogP contribution >= 0.6 is 15.9 Å². The minimum absolute atomic E-state index is 0.183. The van der Waals surface area contributed by atoms with Gasteiger partial charge in [0, 0.05) is 22.3 Å². The van der Waals surface area contributed by atoms with Crippen molar-refractivity contribution in [2.45, 2.75) is 6.10 Å². The van der Waals surface area contributed by atoms with E-state index in [0.717, 1.165) is 10.2 Å². The Bertz CT molecular complexity index is 635. The van der Waals surface area contributed by atoms with Crippen molar-refractivity contribution in [1.82, 2.24) is 0 Å². The van der Waals surface area contributed by atoms with E-state index in [1.54, 1.807) is 30.3 Å². The molecular formula is C16H17BrN2O3. The fraction of sp³-hybridized carbons (Fsp3) is 0.188. The zero-order valence-electron chi connectivity index (χ0n) is 11.8. The third-order valence-corrected chi connectivity index (χ3v) is 3.66. The van der Waals surface area contributed by atoms with Gasteiger partial charge in [0.15, 0.2) is 0 Å². The summed E-state index contributed by atoms with van der Waals surface area (Å²) in [4.78, 5) is 12.1. The SMILES string of the molecule is O=C(Nc1ccc(NCC(O)CO)cc1Br)c1ccccc1. The van der Waals surface area contributed by atoms with Crippen LogP contribution in [0.5, 0.6) is 0 Å². The first-order valence-corrected chi connectivity index (χ1v) is 7.58. The molecule has 22 heavy (non-hydrogen) atoms. The molecule has 1 atom stereocenters. The highest BCUT2D eigenvalue weighted by molar-refractivity contribution is 9.10. The van der Waals surface area contributed by atoms with Crippen molar-refractivity contribution < 1.29 is 15.0 Å². The molecule has 0 heterocycles. The smallest absolute Gasteiger partial charge is 0.255 e. The lowest BCUT2D eigenvalue weighted by molar-refractivity contribution is 0.102. The van der Waals surface area contributed by atoms with Crippen LogP contribution in [0.4, 0.5) is 11.4 Å². The third-order valence-electron chi connectivity index (χ3n) is 3.01. The van der Waals surface area contributed by atoms with Gasteiger partial charge in [-0.25, -0.2) is 0 Å². The molecule has 6 heteroatoms. The summed E-state index contributed by atoms with van der Waals surface area (Å²) in [5.74, 6) is -0.183. The average molecular weight is 365 g/mol. The van der Waals surface area contributed by atoms with E-state index in [4.69, 9.17) is 5.11 Å². The summed E-state index contributed by atoms with van der Waals surface area (Å²) in [7, 11) is 0. The highest BCUT2D eigenvalue weighted by Crippen LogP contribution is 2.26. The number of nitrogens with one attached hydrogen (secondary N) is 2. The Kier molecular flexibility index (Phi) is 5.94. The van der Waals surface area contributed by atoms with Gasteiger partial charge in [-0.3, -0.25) is 4.79 Å². The van der Waals surface area contributed by atoms with E-state index in [1.807, 2.05) is 18.2 Å². The molecule has 0 fully saturated rings. The van der Waals surface area contributed by atoms with Crippen LogP contribution in [0.25, 0.3) is 0 Å². The van der Waals surface area contributed by atoms with Crippen LogP contribution in [0.15, 0.2) is 53.0 Å². The number of aliphatic hydroxyl groups is 2. The van der Waals surface area contributed by atoms with Gasteiger partial charge in [0.05, 0.1) is 18.4 Å². The highest BCUT2D eigenvalue weighted by atomic mass is 79.9. The van der Waals surface area contributed by atoms with Crippen molar-refractivity contribution in [2.75, 3.05) is 23.8 Å². The minimum Gasteiger partial charge on any atom is -0.394 e. The molecule has 1 unspecified atom stereocenters. The molecule has 4 N–H and O–H groups in total. The van der Waals surface area contributed by atoms with Crippen LogP contribution < -0.4 is 10.6 Å². The second kappa shape index (κ2) is 7.93. The summed E-state index contributed by atoms with van der Waals surface area (Å²) in [6.45, 7) is -0.0436. The van der Waals surface area contributed by atoms with E-state index in [-0.39, 0.29) is 19.1 Å². The number of amides is 1. The largest absolute Gasteiger partial charge is 0.394 e. The minimum atomic E-state index is -0.809. The van der Waals surface area contributed by atoms with E-state index < -0.39 is 6.10 Å². The molecule has 116 valence electrons. The molecule has 0 aromatic heterocycles. The van der Waals surface area contributed by atoms with Crippen LogP contribution in [-0.2, 0) is 0 Å². The van der Waals surface area contributed by atoms with Crippen molar-refractivity contribution in [1.29, 1.82) is 0 Å². The van der Waals surface area contributed by atoms with Gasteiger partial charge in [-0.1, -0.05) is 18.2 Å². The number of benzene rings is 2. The molecule has 0 aliphatic carbocycles. The van der Waals surface area contributed by atoms with Gasteiger partial charge in [0.1, 0.15) is 0 Å². The lowest BCUT2D eigenvalue weighted by Crippen LogP contribution is -2.22. The summed E-state index contributed by atoms with van der Waals surface area (Å²) in [6, 6.07) is 14.3. The highest BCUT2D eigenvalue weighted by Gasteiger charge is 2.09. The number of aliphatic hydroxyl groups excluding tert-OH is 2. The van der Waals surface area contributed by atoms with Gasteiger partial charge < -0.3 is 20.8 Å². The Balaban J connectivity index is 2.02. The lowest BCUT2D eigenvalue weighted by atomic mass is 10.2. The number of rotatable bonds is 6. The maximum atomic E-state index is 12.1. The molecular weight excluding hydrogens is 348 g/mol. The Labute approximate surface area is 137 Å². The second-order valence-corrected chi connectivity index (χ2v) is 5.59. The van der Waals surface area contributed by atoms with E-state index >= 15 is 0 Å². The van der Waals surface area contributed by atoms with Gasteiger partial charge in [-0.2, -0.15) is 0 Å². The molecule has 1 amide bonds. The maximum Gasteiger partial charge on any atom is 0.255 e. The molecule has 0 bridgehead atoms. The molecule has 5 nitrogen and oxygen atoms in total. The van der Waals surface area contributed by atoms with E-state index in [1.165, 1.54) is 0 Å². The summed E-state index contributed by atoms with van der Waals surface area (Å²) >= 11 is 3.41. The summed E-state index contributed by atoms with van der Waals surface area (Å²) in [6.07, 6.45) is -0.809. The van der Waals surface area contributed by atoms with E-state index in [0.29, 0.717) is 11.3 Å². The average Bonchev–Trinajstić information content (AvgIpc) is 2.55. The number of carbonyl (C=O) groups is 1. The Morgan fingerprint density at radius 3 is 2.55 bits per heavy atom. The number of hydrogen-bond donors (Lipinski definition) is 4. The predicted molar refractivity (Wildman–Crippen MR) is 90.1 cm³/mol. The number of halogens is 1. The van der Waals surface area contributed by atoms with Crippen LogP contribution in [-0.4, -0.2) is 35.4 Å². The van der Waals surface area contributed by atoms with Gasteiger partial charge in [-0.15, -0.1) is 0 Å². The summed E-state index contributed by atoms with van der Waals surface area (Å²) < 4.78 is 0.722. The van der Waals surface area contributed by atoms with Crippen LogP contribution in [0, 0.1) is 0 Å². The lowest BCUT2D eigenvalue weighted by Gasteiger charge is -2.12. The van der Waals surface area contributed by atoms with E-state index in [9.17, 15) is 9.90 Å². The topological polar surface area (TPSA) is 81.6 Å². The molecule has 0 saturated heterocycles. The molecule has 0 spiro atoms. The fourth-order valence-corrected chi connectivity index (χ4v) is 2.29. The van der Waals surface area contributed by atoms with E-state index in [2.05, 4.69) is 26.6 Å². The van der Waals surface area contributed by atoms with Crippen LogP contribution in [0.3, 0.4) is 0 Å². The molecule has 0 aliphatic heterocycles. The zero-order chi connectivity index (χ0) is 15.9. The van der Waals surface area contributed by atoms with Crippen LogP contribution in [0.1, 0.15) is 10.4 Å². The summed E-state index contributed by atoms with van der Waals surface area (Å²) in [5, 5.41) is 23.9. The first kappa shape index (κ1) is 16.5. The Morgan fingerprint density at radius 2 is 1.91 bits per heavy atom. The second-order valence-electron chi connectivity index (χ2n) is 4.73. The monoisotopic (exact) mass is 364 g/mol. The first-order chi connectivity index (χ1) is 10.6. The number of carbonyl (C=O) groups excluding carboxylic acids is 1. The first-order valence-electron chi connectivity index (χ1n) is 6.79. The van der Waals surface area contributed by atoms with Crippen molar-refractivity contribution >= 4 is 33.2 Å². The van der Waals surface area contributed by atoms with Gasteiger partial charge >= 0.3 is 0 Å². The summed E-state index contributed by atoms with van der Waals surface area (Å²) in [5.41, 5.74) is 2.02. The van der Waals surface area contributed by atoms with Gasteiger partial charge in [-0.05, 0) is 46.3 Å². The molecule has 2 aromatic rings. The van der Waals surface area contributed by atoms with Crippen molar-refractivity contribution in [3.8, 4) is 0 Å². The zero-order valence-corrected chi connectivity index (χ0v) is 13.4. The standard InChI is InChI=1S/C16H17BrN2O3/c17-14-8-12(18-9-13(21)10-20)6-7-15(14)19-16(22)11-4-2-1-3-5-11/h1-8,13,18,20-21H,9-10H2,(H,19,22). The molecule has 0 radical (unpaired) electrons. The molecule has 2 aromatic carbocycles. The Hall–Kier alpha value is -1.89. The van der Waals surface area contributed by atoms with Crippen LogP contribution in [0.2, 0.25) is 0 Å². The maximum absolute atomic E-state index is 12.1. The predicted octanol–water partition coefficient (Wildman–Crippen LogP) is 2.47. The molecule has 0 saturated carbocycles. The quantitative estimate of drug-likeness (QED) is 0.634. The molecule has 2 rings (SSSR count). The number of anilines is 2.